The van der Waals surface area contributed by atoms with E-state index >= 15 is 0 Å². The molecule has 0 spiro atoms. The second kappa shape index (κ2) is 10.3. The van der Waals surface area contributed by atoms with E-state index in [9.17, 15) is 0 Å². The van der Waals surface area contributed by atoms with Crippen molar-refractivity contribution in [3.8, 4) is 0 Å². The molecule has 134 valence electrons. The van der Waals surface area contributed by atoms with Gasteiger partial charge >= 0.3 is 0 Å². The average Bonchev–Trinajstić information content (AvgIpc) is 3.29. The maximum atomic E-state index is 4.60. The van der Waals surface area contributed by atoms with Crippen LogP contribution < -0.4 is 15.5 Å². The van der Waals surface area contributed by atoms with E-state index in [0.717, 1.165) is 43.2 Å². The molecule has 5 nitrogen and oxygen atoms in total. The molecule has 2 N–H and O–H groups in total. The molecule has 0 aliphatic carbocycles. The zero-order chi connectivity index (χ0) is 15.9. The lowest BCUT2D eigenvalue weighted by molar-refractivity contribution is 0.725. The summed E-state index contributed by atoms with van der Waals surface area (Å²) in [5, 5.41) is 7.53. The standard InChI is InChI=1S/C17H27N5S.HI/c1-18-17(21-13-15-5-4-10-23-15)20-12-14-6-7-16(19-11-14)22-8-2-3-9-22;/h6-7,11,15H,2-5,8-10,12-13H2,1H3,(H2,18,20,21);1H. The van der Waals surface area contributed by atoms with Crippen LogP contribution in [0.1, 0.15) is 31.2 Å². The molecule has 1 unspecified atom stereocenters. The summed E-state index contributed by atoms with van der Waals surface area (Å²) in [4.78, 5) is 11.3. The maximum absolute atomic E-state index is 4.60. The van der Waals surface area contributed by atoms with E-state index in [0.29, 0.717) is 0 Å². The summed E-state index contributed by atoms with van der Waals surface area (Å²) < 4.78 is 0. The van der Waals surface area contributed by atoms with E-state index in [1.54, 1.807) is 0 Å². The topological polar surface area (TPSA) is 52.6 Å². The van der Waals surface area contributed by atoms with E-state index in [1.807, 2.05) is 13.2 Å². The summed E-state index contributed by atoms with van der Waals surface area (Å²) in [6.45, 7) is 4.03. The molecule has 2 aliphatic heterocycles. The van der Waals surface area contributed by atoms with E-state index in [4.69, 9.17) is 0 Å². The SMILES string of the molecule is CN=C(NCc1ccc(N2CCCC2)nc1)NCC1CCCS1.I. The molecule has 1 aromatic rings. The van der Waals surface area contributed by atoms with Crippen LogP contribution in [0.5, 0.6) is 0 Å². The predicted molar refractivity (Wildman–Crippen MR) is 115 cm³/mol. The molecule has 3 heterocycles. The number of aliphatic imine (C=N–C) groups is 1. The molecule has 2 aliphatic rings. The molecule has 2 fully saturated rings. The summed E-state index contributed by atoms with van der Waals surface area (Å²) in [6.07, 6.45) is 7.20. The minimum Gasteiger partial charge on any atom is -0.357 e. The van der Waals surface area contributed by atoms with Crippen LogP contribution in [0.2, 0.25) is 0 Å². The molecule has 2 saturated heterocycles. The largest absolute Gasteiger partial charge is 0.357 e. The zero-order valence-corrected chi connectivity index (χ0v) is 17.5. The maximum Gasteiger partial charge on any atom is 0.191 e. The zero-order valence-electron chi connectivity index (χ0n) is 14.3. The van der Waals surface area contributed by atoms with Crippen LogP contribution in [-0.2, 0) is 6.54 Å². The van der Waals surface area contributed by atoms with E-state index in [-0.39, 0.29) is 24.0 Å². The van der Waals surface area contributed by atoms with Gasteiger partial charge in [-0.2, -0.15) is 11.8 Å². The Morgan fingerprint density at radius 3 is 2.75 bits per heavy atom. The van der Waals surface area contributed by atoms with E-state index in [1.165, 1.54) is 37.0 Å². The van der Waals surface area contributed by atoms with Crippen molar-refractivity contribution in [1.82, 2.24) is 15.6 Å². The van der Waals surface area contributed by atoms with Crippen molar-refractivity contribution >= 4 is 47.5 Å². The predicted octanol–water partition coefficient (Wildman–Crippen LogP) is 2.86. The van der Waals surface area contributed by atoms with Crippen molar-refractivity contribution in [2.75, 3.05) is 37.3 Å². The van der Waals surface area contributed by atoms with Crippen LogP contribution in [0.15, 0.2) is 23.3 Å². The van der Waals surface area contributed by atoms with Crippen molar-refractivity contribution in [3.05, 3.63) is 23.9 Å². The molecule has 0 aromatic carbocycles. The number of anilines is 1. The van der Waals surface area contributed by atoms with E-state index in [2.05, 4.69) is 49.4 Å². The first-order valence-electron chi connectivity index (χ1n) is 8.61. The van der Waals surface area contributed by atoms with Crippen LogP contribution in [0.25, 0.3) is 0 Å². The Labute approximate surface area is 166 Å². The fourth-order valence-electron chi connectivity index (χ4n) is 3.08. The Hall–Kier alpha value is -0.700. The van der Waals surface area contributed by atoms with Gasteiger partial charge in [-0.15, -0.1) is 24.0 Å². The number of nitrogens with one attached hydrogen (secondary N) is 2. The lowest BCUT2D eigenvalue weighted by atomic mass is 10.2. The highest BCUT2D eigenvalue weighted by molar-refractivity contribution is 14.0. The lowest BCUT2D eigenvalue weighted by Crippen LogP contribution is -2.39. The molecule has 3 rings (SSSR count). The highest BCUT2D eigenvalue weighted by Crippen LogP contribution is 2.25. The van der Waals surface area contributed by atoms with Gasteiger partial charge in [-0.05, 0) is 43.1 Å². The second-order valence-electron chi connectivity index (χ2n) is 6.16. The Balaban J connectivity index is 0.00000208. The number of hydrogen-bond acceptors (Lipinski definition) is 4. The quantitative estimate of drug-likeness (QED) is 0.401. The number of thioether (sulfide) groups is 1. The molecule has 0 saturated carbocycles. The van der Waals surface area contributed by atoms with Gasteiger partial charge < -0.3 is 15.5 Å². The Morgan fingerprint density at radius 1 is 1.29 bits per heavy atom. The fourth-order valence-corrected chi connectivity index (χ4v) is 4.28. The summed E-state index contributed by atoms with van der Waals surface area (Å²) >= 11 is 2.06. The summed E-state index contributed by atoms with van der Waals surface area (Å²) in [6, 6.07) is 4.29. The summed E-state index contributed by atoms with van der Waals surface area (Å²) in [5.41, 5.74) is 1.19. The summed E-state index contributed by atoms with van der Waals surface area (Å²) in [7, 11) is 1.83. The van der Waals surface area contributed by atoms with Gasteiger partial charge in [-0.3, -0.25) is 4.99 Å². The van der Waals surface area contributed by atoms with Gasteiger partial charge in [-0.1, -0.05) is 6.07 Å². The third-order valence-electron chi connectivity index (χ3n) is 4.44. The minimum absolute atomic E-state index is 0. The number of aromatic nitrogens is 1. The molecule has 1 atom stereocenters. The van der Waals surface area contributed by atoms with Crippen LogP contribution in [-0.4, -0.2) is 48.6 Å². The first-order chi connectivity index (χ1) is 11.3. The Bertz CT molecular complexity index is 510. The third-order valence-corrected chi connectivity index (χ3v) is 5.84. The van der Waals surface area contributed by atoms with Crippen molar-refractivity contribution in [2.24, 2.45) is 4.99 Å². The van der Waals surface area contributed by atoms with Crippen molar-refractivity contribution in [2.45, 2.75) is 37.5 Å². The Kier molecular flexibility index (Phi) is 8.44. The van der Waals surface area contributed by atoms with E-state index < -0.39 is 0 Å². The van der Waals surface area contributed by atoms with Crippen LogP contribution in [0.3, 0.4) is 0 Å². The number of rotatable bonds is 5. The van der Waals surface area contributed by atoms with Crippen LogP contribution in [0.4, 0.5) is 5.82 Å². The second-order valence-corrected chi connectivity index (χ2v) is 7.57. The number of nitrogens with zero attached hydrogens (tertiary/aromatic N) is 3. The number of hydrogen-bond donors (Lipinski definition) is 2. The van der Waals surface area contributed by atoms with Crippen LogP contribution >= 0.6 is 35.7 Å². The monoisotopic (exact) mass is 461 g/mol. The molecule has 0 bridgehead atoms. The lowest BCUT2D eigenvalue weighted by Gasteiger charge is -2.17. The van der Waals surface area contributed by atoms with Crippen molar-refractivity contribution < 1.29 is 0 Å². The van der Waals surface area contributed by atoms with Gasteiger partial charge in [0.05, 0.1) is 0 Å². The average molecular weight is 461 g/mol. The normalized spacial score (nSPS) is 20.8. The first kappa shape index (κ1) is 19.6. The molecular weight excluding hydrogens is 433 g/mol. The number of pyridine rings is 1. The highest BCUT2D eigenvalue weighted by atomic mass is 127. The van der Waals surface area contributed by atoms with Gasteiger partial charge in [0.15, 0.2) is 5.96 Å². The molecule has 0 amide bonds. The molecule has 1 aromatic heterocycles. The molecular formula is C17H28IN5S. The smallest absolute Gasteiger partial charge is 0.191 e. The molecule has 7 heteroatoms. The first-order valence-corrected chi connectivity index (χ1v) is 9.66. The van der Waals surface area contributed by atoms with Gasteiger partial charge in [0.2, 0.25) is 0 Å². The van der Waals surface area contributed by atoms with Gasteiger partial charge in [0, 0.05) is 44.7 Å². The van der Waals surface area contributed by atoms with Gasteiger partial charge in [-0.25, -0.2) is 4.98 Å². The van der Waals surface area contributed by atoms with Gasteiger partial charge in [0.25, 0.3) is 0 Å². The van der Waals surface area contributed by atoms with Crippen molar-refractivity contribution in [3.63, 3.8) is 0 Å². The van der Waals surface area contributed by atoms with Gasteiger partial charge in [0.1, 0.15) is 5.82 Å². The number of guanidine groups is 1. The van der Waals surface area contributed by atoms with Crippen molar-refractivity contribution in [1.29, 1.82) is 0 Å². The highest BCUT2D eigenvalue weighted by Gasteiger charge is 2.15. The fraction of sp³-hybridized carbons (Fsp3) is 0.647. The molecule has 24 heavy (non-hydrogen) atoms. The Morgan fingerprint density at radius 2 is 2.12 bits per heavy atom. The minimum atomic E-state index is 0. The summed E-state index contributed by atoms with van der Waals surface area (Å²) in [5.74, 6) is 3.28. The molecule has 0 radical (unpaired) electrons. The number of halogens is 1. The van der Waals surface area contributed by atoms with Crippen LogP contribution in [0, 0.1) is 0 Å². The third kappa shape index (κ3) is 5.68.